The Balaban J connectivity index is 1.96. The predicted octanol–water partition coefficient (Wildman–Crippen LogP) is 1.86. The van der Waals surface area contributed by atoms with Crippen LogP contribution >= 0.6 is 11.3 Å². The van der Waals surface area contributed by atoms with Crippen molar-refractivity contribution in [1.29, 1.82) is 5.41 Å². The van der Waals surface area contributed by atoms with Crippen LogP contribution in [0.3, 0.4) is 0 Å². The second kappa shape index (κ2) is 4.51. The van der Waals surface area contributed by atoms with Crippen LogP contribution in [0.4, 0.5) is 0 Å². The number of hydrogen-bond acceptors (Lipinski definition) is 2. The first-order valence-electron chi connectivity index (χ1n) is 6.00. The van der Waals surface area contributed by atoms with Crippen LogP contribution in [0, 0.1) is 5.41 Å². The van der Waals surface area contributed by atoms with Gasteiger partial charge in [-0.15, -0.1) is 11.3 Å². The average Bonchev–Trinajstić information content (AvgIpc) is 2.98. The van der Waals surface area contributed by atoms with Gasteiger partial charge in [0, 0.05) is 34.2 Å². The molecule has 0 unspecified atom stereocenters. The van der Waals surface area contributed by atoms with E-state index in [1.165, 1.54) is 15.9 Å². The average molecular weight is 271 g/mol. The van der Waals surface area contributed by atoms with Crippen LogP contribution in [0.15, 0.2) is 42.0 Å². The Labute approximate surface area is 115 Å². The van der Waals surface area contributed by atoms with Crippen molar-refractivity contribution in [3.63, 3.8) is 0 Å². The highest BCUT2D eigenvalue weighted by molar-refractivity contribution is 7.10. The molecule has 4 nitrogen and oxygen atoms in total. The fourth-order valence-corrected chi connectivity index (χ4v) is 3.09. The molecule has 3 heterocycles. The lowest BCUT2D eigenvalue weighted by atomic mass is 10.3. The quantitative estimate of drug-likeness (QED) is 0.426. The molecule has 96 valence electrons. The molecular weight excluding hydrogens is 256 g/mol. The summed E-state index contributed by atoms with van der Waals surface area (Å²) in [7, 11) is 2.05. The highest BCUT2D eigenvalue weighted by Gasteiger charge is 2.10. The summed E-state index contributed by atoms with van der Waals surface area (Å²) in [5.74, 6) is 0.131. The van der Waals surface area contributed by atoms with E-state index >= 15 is 0 Å². The molecule has 3 aromatic heterocycles. The van der Waals surface area contributed by atoms with Gasteiger partial charge in [-0.3, -0.25) is 5.41 Å². The molecule has 0 aromatic carbocycles. The third kappa shape index (κ3) is 2.13. The molecule has 0 aliphatic heterocycles. The van der Waals surface area contributed by atoms with Crippen LogP contribution in [-0.2, 0) is 13.6 Å². The molecule has 0 saturated carbocycles. The maximum absolute atomic E-state index is 7.43. The Morgan fingerprint density at radius 3 is 3.05 bits per heavy atom. The second-order valence-electron chi connectivity index (χ2n) is 4.55. The summed E-state index contributed by atoms with van der Waals surface area (Å²) in [4.78, 5) is 1.20. The number of fused-ring (bicyclic) bond motifs is 1. The molecule has 0 aliphatic carbocycles. The van der Waals surface area contributed by atoms with Crippen molar-refractivity contribution in [2.45, 2.75) is 6.54 Å². The van der Waals surface area contributed by atoms with Gasteiger partial charge in [0.25, 0.3) is 0 Å². The van der Waals surface area contributed by atoms with Crippen LogP contribution in [0.25, 0.3) is 11.0 Å². The van der Waals surface area contributed by atoms with Gasteiger partial charge in [-0.25, -0.2) is 0 Å². The van der Waals surface area contributed by atoms with Gasteiger partial charge in [0.1, 0.15) is 18.4 Å². The molecule has 3 rings (SSSR count). The third-order valence-electron chi connectivity index (χ3n) is 3.22. The fourth-order valence-electron chi connectivity index (χ4n) is 2.21. The monoisotopic (exact) mass is 271 g/mol. The summed E-state index contributed by atoms with van der Waals surface area (Å²) in [5.41, 5.74) is 8.72. The number of rotatable bonds is 3. The highest BCUT2D eigenvalue weighted by Crippen LogP contribution is 2.19. The number of nitrogens with two attached hydrogens (primary N) is 1. The molecule has 19 heavy (non-hydrogen) atoms. The Morgan fingerprint density at radius 2 is 2.32 bits per heavy atom. The minimum atomic E-state index is 0.131. The summed E-state index contributed by atoms with van der Waals surface area (Å²) < 4.78 is 4.33. The molecule has 5 heteroatoms. The SMILES string of the molecule is C[n+]1cccc2c1ccn2Cc1cc(C(=N)N)cs1. The minimum Gasteiger partial charge on any atom is -0.384 e. The van der Waals surface area contributed by atoms with E-state index in [-0.39, 0.29) is 5.84 Å². The van der Waals surface area contributed by atoms with Crippen LogP contribution < -0.4 is 10.3 Å². The lowest BCUT2D eigenvalue weighted by Crippen LogP contribution is -2.27. The van der Waals surface area contributed by atoms with Crippen molar-refractivity contribution in [3.8, 4) is 0 Å². The van der Waals surface area contributed by atoms with Crippen molar-refractivity contribution < 1.29 is 4.57 Å². The van der Waals surface area contributed by atoms with E-state index in [4.69, 9.17) is 11.1 Å². The van der Waals surface area contributed by atoms with Gasteiger partial charge in [-0.1, -0.05) is 0 Å². The standard InChI is InChI=1S/C14H15N4S/c1-17-5-2-3-13-12(17)4-6-18(13)8-11-7-10(9-19-11)14(15)16/h2-7,9H,8H2,1H3,(H3,15,16)/q+1. The second-order valence-corrected chi connectivity index (χ2v) is 5.54. The van der Waals surface area contributed by atoms with Crippen molar-refractivity contribution in [3.05, 3.63) is 52.5 Å². The fraction of sp³-hybridized carbons (Fsp3) is 0.143. The predicted molar refractivity (Wildman–Crippen MR) is 77.6 cm³/mol. The van der Waals surface area contributed by atoms with Crippen LogP contribution in [0.5, 0.6) is 0 Å². The smallest absolute Gasteiger partial charge is 0.230 e. The summed E-state index contributed by atoms with van der Waals surface area (Å²) in [6, 6.07) is 8.28. The number of nitrogens with one attached hydrogen (secondary N) is 1. The van der Waals surface area contributed by atoms with Gasteiger partial charge < -0.3 is 10.3 Å². The maximum Gasteiger partial charge on any atom is 0.230 e. The summed E-state index contributed by atoms with van der Waals surface area (Å²) in [6.45, 7) is 0.811. The number of thiophene rings is 1. The maximum atomic E-state index is 7.43. The summed E-state index contributed by atoms with van der Waals surface area (Å²) in [6.07, 6.45) is 4.14. The van der Waals surface area contributed by atoms with Crippen molar-refractivity contribution in [1.82, 2.24) is 4.57 Å². The van der Waals surface area contributed by atoms with E-state index in [0.717, 1.165) is 12.1 Å². The van der Waals surface area contributed by atoms with Gasteiger partial charge >= 0.3 is 0 Å². The zero-order chi connectivity index (χ0) is 13.4. The van der Waals surface area contributed by atoms with E-state index in [1.54, 1.807) is 11.3 Å². The van der Waals surface area contributed by atoms with Gasteiger partial charge in [0.15, 0.2) is 6.20 Å². The molecule has 0 amide bonds. The van der Waals surface area contributed by atoms with Crippen LogP contribution in [0.1, 0.15) is 10.4 Å². The Bertz CT molecular complexity index is 754. The molecular formula is C14H15N4S+. The first-order valence-corrected chi connectivity index (χ1v) is 6.88. The number of aromatic nitrogens is 2. The van der Waals surface area contributed by atoms with Crippen LogP contribution in [-0.4, -0.2) is 10.4 Å². The van der Waals surface area contributed by atoms with Crippen molar-refractivity contribution in [2.75, 3.05) is 0 Å². The molecule has 0 fully saturated rings. The molecule has 0 spiro atoms. The van der Waals surface area contributed by atoms with E-state index in [1.807, 2.05) is 30.8 Å². The number of aryl methyl sites for hydroxylation is 1. The zero-order valence-electron chi connectivity index (χ0n) is 10.6. The Morgan fingerprint density at radius 1 is 1.47 bits per heavy atom. The molecule has 3 aromatic rings. The van der Waals surface area contributed by atoms with Crippen molar-refractivity contribution in [2.24, 2.45) is 12.8 Å². The molecule has 0 saturated heterocycles. The van der Waals surface area contributed by atoms with Gasteiger partial charge in [-0.2, -0.15) is 4.57 Å². The molecule has 0 bridgehead atoms. The number of nitrogen functional groups attached to an aromatic ring is 1. The molecule has 0 radical (unpaired) electrons. The molecule has 3 N–H and O–H groups in total. The minimum absolute atomic E-state index is 0.131. The summed E-state index contributed by atoms with van der Waals surface area (Å²) >= 11 is 1.64. The topological polar surface area (TPSA) is 58.7 Å². The molecule has 0 atom stereocenters. The van der Waals surface area contributed by atoms with E-state index in [0.29, 0.717) is 0 Å². The van der Waals surface area contributed by atoms with Gasteiger partial charge in [0.05, 0.1) is 6.54 Å². The largest absolute Gasteiger partial charge is 0.384 e. The third-order valence-corrected chi connectivity index (χ3v) is 4.14. The lowest BCUT2D eigenvalue weighted by Gasteiger charge is -2.01. The Kier molecular flexibility index (Phi) is 2.83. The number of hydrogen-bond donors (Lipinski definition) is 2. The number of amidine groups is 1. The van der Waals surface area contributed by atoms with Crippen molar-refractivity contribution >= 4 is 28.2 Å². The Hall–Kier alpha value is -2.14. The zero-order valence-corrected chi connectivity index (χ0v) is 11.4. The molecule has 0 aliphatic rings. The van der Waals surface area contributed by atoms with E-state index in [2.05, 4.69) is 27.5 Å². The van der Waals surface area contributed by atoms with Crippen LogP contribution in [0.2, 0.25) is 0 Å². The van der Waals surface area contributed by atoms with E-state index in [9.17, 15) is 0 Å². The first kappa shape index (κ1) is 11.9. The van der Waals surface area contributed by atoms with Gasteiger partial charge in [-0.05, 0) is 12.1 Å². The highest BCUT2D eigenvalue weighted by atomic mass is 32.1. The van der Waals surface area contributed by atoms with Gasteiger partial charge in [0.2, 0.25) is 5.52 Å². The number of nitrogens with zero attached hydrogens (tertiary/aromatic N) is 2. The first-order chi connectivity index (χ1) is 9.15. The normalized spacial score (nSPS) is 11.0. The summed E-state index contributed by atoms with van der Waals surface area (Å²) in [5, 5.41) is 9.37. The number of pyridine rings is 1. The lowest BCUT2D eigenvalue weighted by molar-refractivity contribution is -0.644. The van der Waals surface area contributed by atoms with E-state index < -0.39 is 0 Å².